The average Bonchev–Trinajstić information content (AvgIpc) is 2.92. The number of carbonyl (C=O) groups excluding carboxylic acids is 1. The minimum Gasteiger partial charge on any atom is -0.481 e. The molecule has 1 amide bonds. The predicted octanol–water partition coefficient (Wildman–Crippen LogP) is -0.704. The Hall–Kier alpha value is -1.14. The monoisotopic (exact) mass is 242 g/mol. The molecule has 0 aromatic heterocycles. The quantitative estimate of drug-likeness (QED) is 0.666. The van der Waals surface area contributed by atoms with Gasteiger partial charge in [-0.2, -0.15) is 0 Å². The summed E-state index contributed by atoms with van der Waals surface area (Å²) in [6.07, 6.45) is 2.11. The van der Waals surface area contributed by atoms with Gasteiger partial charge in [-0.1, -0.05) is 0 Å². The van der Waals surface area contributed by atoms with E-state index in [0.29, 0.717) is 12.6 Å². The van der Waals surface area contributed by atoms with Crippen molar-refractivity contribution in [3.8, 4) is 0 Å². The first-order chi connectivity index (χ1) is 8.08. The van der Waals surface area contributed by atoms with Crippen molar-refractivity contribution in [3.05, 3.63) is 0 Å². The summed E-state index contributed by atoms with van der Waals surface area (Å²) in [5.41, 5.74) is 0. The molecule has 0 spiro atoms. The third-order valence-electron chi connectivity index (χ3n) is 3.27. The van der Waals surface area contributed by atoms with Gasteiger partial charge in [0.05, 0.1) is 25.7 Å². The van der Waals surface area contributed by atoms with Crippen molar-refractivity contribution >= 4 is 11.9 Å². The number of carbonyl (C=O) groups is 2. The maximum Gasteiger partial charge on any atom is 0.310 e. The van der Waals surface area contributed by atoms with Crippen LogP contribution in [0.25, 0.3) is 0 Å². The molecule has 0 aromatic carbocycles. The van der Waals surface area contributed by atoms with Gasteiger partial charge in [0.1, 0.15) is 0 Å². The smallest absolute Gasteiger partial charge is 0.310 e. The summed E-state index contributed by atoms with van der Waals surface area (Å²) in [5, 5.41) is 11.9. The van der Waals surface area contributed by atoms with Crippen LogP contribution >= 0.6 is 0 Å². The van der Waals surface area contributed by atoms with Gasteiger partial charge in [0.25, 0.3) is 0 Å². The second-order valence-corrected chi connectivity index (χ2v) is 4.81. The first-order valence-corrected chi connectivity index (χ1v) is 5.88. The number of amides is 1. The number of aliphatic carboxylic acids is 1. The van der Waals surface area contributed by atoms with E-state index in [1.165, 1.54) is 0 Å². The fourth-order valence-corrected chi connectivity index (χ4v) is 2.06. The van der Waals surface area contributed by atoms with Gasteiger partial charge in [-0.05, 0) is 19.9 Å². The van der Waals surface area contributed by atoms with Crippen molar-refractivity contribution in [2.24, 2.45) is 5.92 Å². The lowest BCUT2D eigenvalue weighted by Gasteiger charge is -2.25. The lowest BCUT2D eigenvalue weighted by molar-refractivity contribution is -0.143. The van der Waals surface area contributed by atoms with Gasteiger partial charge in [0.15, 0.2) is 0 Å². The molecule has 2 unspecified atom stereocenters. The van der Waals surface area contributed by atoms with Crippen LogP contribution in [0.1, 0.15) is 12.8 Å². The van der Waals surface area contributed by atoms with Gasteiger partial charge in [0.2, 0.25) is 5.91 Å². The lowest BCUT2D eigenvalue weighted by Crippen LogP contribution is -2.46. The van der Waals surface area contributed by atoms with Crippen molar-refractivity contribution in [1.82, 2.24) is 10.2 Å². The zero-order valence-electron chi connectivity index (χ0n) is 9.89. The van der Waals surface area contributed by atoms with Gasteiger partial charge >= 0.3 is 5.97 Å². The van der Waals surface area contributed by atoms with E-state index in [1.54, 1.807) is 11.9 Å². The van der Waals surface area contributed by atoms with E-state index in [-0.39, 0.29) is 25.1 Å². The SMILES string of the molecule is CN(CC(=O)NC1CC1)C1COCC1C(=O)O. The molecule has 1 heterocycles. The first kappa shape index (κ1) is 12.3. The number of hydrogen-bond donors (Lipinski definition) is 2. The summed E-state index contributed by atoms with van der Waals surface area (Å²) >= 11 is 0. The topological polar surface area (TPSA) is 78.9 Å². The molecule has 2 N–H and O–H groups in total. The zero-order chi connectivity index (χ0) is 12.4. The molecule has 0 aromatic rings. The Morgan fingerprint density at radius 1 is 1.41 bits per heavy atom. The lowest BCUT2D eigenvalue weighted by atomic mass is 10.0. The first-order valence-electron chi connectivity index (χ1n) is 5.88. The van der Waals surface area contributed by atoms with E-state index in [4.69, 9.17) is 9.84 Å². The minimum atomic E-state index is -0.859. The van der Waals surface area contributed by atoms with Crippen molar-refractivity contribution in [2.75, 3.05) is 26.8 Å². The summed E-state index contributed by atoms with van der Waals surface area (Å²) in [5.74, 6) is -1.43. The molecule has 6 heteroatoms. The molecule has 96 valence electrons. The number of likely N-dealkylation sites (N-methyl/N-ethyl adjacent to an activating group) is 1. The highest BCUT2D eigenvalue weighted by Crippen LogP contribution is 2.20. The molecular weight excluding hydrogens is 224 g/mol. The summed E-state index contributed by atoms with van der Waals surface area (Å²) in [6, 6.07) is 0.128. The molecule has 2 fully saturated rings. The van der Waals surface area contributed by atoms with E-state index in [2.05, 4.69) is 5.32 Å². The third kappa shape index (κ3) is 3.17. The number of rotatable bonds is 5. The number of nitrogens with one attached hydrogen (secondary N) is 1. The highest BCUT2D eigenvalue weighted by Gasteiger charge is 2.37. The van der Waals surface area contributed by atoms with Crippen molar-refractivity contribution < 1.29 is 19.4 Å². The highest BCUT2D eigenvalue weighted by molar-refractivity contribution is 5.79. The number of hydrogen-bond acceptors (Lipinski definition) is 4. The Balaban J connectivity index is 1.83. The summed E-state index contributed by atoms with van der Waals surface area (Å²) in [6.45, 7) is 0.840. The molecule has 1 aliphatic heterocycles. The molecule has 1 aliphatic carbocycles. The summed E-state index contributed by atoms with van der Waals surface area (Å²) in [4.78, 5) is 24.3. The Morgan fingerprint density at radius 3 is 2.71 bits per heavy atom. The van der Waals surface area contributed by atoms with Crippen LogP contribution in [0.15, 0.2) is 0 Å². The molecular formula is C11H18N2O4. The largest absolute Gasteiger partial charge is 0.481 e. The van der Waals surface area contributed by atoms with Crippen LogP contribution in [-0.2, 0) is 14.3 Å². The molecule has 6 nitrogen and oxygen atoms in total. The fourth-order valence-electron chi connectivity index (χ4n) is 2.06. The van der Waals surface area contributed by atoms with Gasteiger partial charge in [-0.15, -0.1) is 0 Å². The van der Waals surface area contributed by atoms with E-state index in [1.807, 2.05) is 0 Å². The summed E-state index contributed by atoms with van der Waals surface area (Å²) in [7, 11) is 1.77. The Labute approximate surface area is 99.9 Å². The van der Waals surface area contributed by atoms with Crippen LogP contribution < -0.4 is 5.32 Å². The maximum absolute atomic E-state index is 11.6. The second kappa shape index (κ2) is 5.01. The van der Waals surface area contributed by atoms with Gasteiger partial charge in [-0.3, -0.25) is 14.5 Å². The van der Waals surface area contributed by atoms with Crippen LogP contribution in [0.3, 0.4) is 0 Å². The Morgan fingerprint density at radius 2 is 2.12 bits per heavy atom. The molecule has 2 rings (SSSR count). The third-order valence-corrected chi connectivity index (χ3v) is 3.27. The zero-order valence-corrected chi connectivity index (χ0v) is 9.89. The summed E-state index contributed by atoms with van der Waals surface area (Å²) < 4.78 is 5.17. The van der Waals surface area contributed by atoms with E-state index < -0.39 is 11.9 Å². The van der Waals surface area contributed by atoms with Crippen LogP contribution in [0.5, 0.6) is 0 Å². The van der Waals surface area contributed by atoms with E-state index in [9.17, 15) is 9.59 Å². The molecule has 2 aliphatic rings. The van der Waals surface area contributed by atoms with Crippen LogP contribution in [0, 0.1) is 5.92 Å². The predicted molar refractivity (Wildman–Crippen MR) is 59.5 cm³/mol. The van der Waals surface area contributed by atoms with Gasteiger partial charge in [0, 0.05) is 12.1 Å². The molecule has 17 heavy (non-hydrogen) atoms. The standard InChI is InChI=1S/C11H18N2O4/c1-13(4-10(14)12-7-2-3-7)9-6-17-5-8(9)11(15)16/h7-9H,2-6H2,1H3,(H,12,14)(H,15,16). The van der Waals surface area contributed by atoms with Crippen molar-refractivity contribution in [1.29, 1.82) is 0 Å². The number of carboxylic acid groups (broad SMARTS) is 1. The van der Waals surface area contributed by atoms with E-state index >= 15 is 0 Å². The van der Waals surface area contributed by atoms with Crippen molar-refractivity contribution in [3.63, 3.8) is 0 Å². The van der Waals surface area contributed by atoms with Gasteiger partial charge in [-0.25, -0.2) is 0 Å². The highest BCUT2D eigenvalue weighted by atomic mass is 16.5. The van der Waals surface area contributed by atoms with E-state index in [0.717, 1.165) is 12.8 Å². The fraction of sp³-hybridized carbons (Fsp3) is 0.818. The van der Waals surface area contributed by atoms with Crippen molar-refractivity contribution in [2.45, 2.75) is 24.9 Å². The Bertz CT molecular complexity index is 317. The Kier molecular flexibility index (Phi) is 3.63. The minimum absolute atomic E-state index is 0.0361. The molecule has 0 bridgehead atoms. The number of nitrogens with zero attached hydrogens (tertiary/aromatic N) is 1. The van der Waals surface area contributed by atoms with Gasteiger partial charge < -0.3 is 15.2 Å². The second-order valence-electron chi connectivity index (χ2n) is 4.81. The maximum atomic E-state index is 11.6. The molecule has 1 saturated carbocycles. The average molecular weight is 242 g/mol. The molecule has 0 radical (unpaired) electrons. The normalized spacial score (nSPS) is 28.4. The van der Waals surface area contributed by atoms with Crippen LogP contribution in [0.4, 0.5) is 0 Å². The van der Waals surface area contributed by atoms with Crippen LogP contribution in [0.2, 0.25) is 0 Å². The molecule has 2 atom stereocenters. The molecule has 1 saturated heterocycles. The van der Waals surface area contributed by atoms with Crippen LogP contribution in [-0.4, -0.2) is 60.8 Å². The number of carboxylic acids is 1. The number of ether oxygens (including phenoxy) is 1.